The van der Waals surface area contributed by atoms with Gasteiger partial charge in [0, 0.05) is 51.4 Å². The minimum Gasteiger partial charge on any atom is -0.357 e. The second-order valence-electron chi connectivity index (χ2n) is 6.58. The molecule has 1 fully saturated rings. The van der Waals surface area contributed by atoms with Crippen molar-refractivity contribution in [2.24, 2.45) is 4.99 Å². The van der Waals surface area contributed by atoms with Gasteiger partial charge in [-0.1, -0.05) is 24.3 Å². The number of nitrogens with one attached hydrogen (secondary N) is 1. The van der Waals surface area contributed by atoms with Gasteiger partial charge < -0.3 is 15.1 Å². The Morgan fingerprint density at radius 1 is 1.11 bits per heavy atom. The van der Waals surface area contributed by atoms with E-state index in [4.69, 9.17) is 4.99 Å². The van der Waals surface area contributed by atoms with Gasteiger partial charge in [0.1, 0.15) is 0 Å². The highest BCUT2D eigenvalue weighted by Crippen LogP contribution is 2.18. The van der Waals surface area contributed by atoms with Gasteiger partial charge in [0.05, 0.1) is 12.2 Å². The van der Waals surface area contributed by atoms with E-state index in [0.29, 0.717) is 6.54 Å². The van der Waals surface area contributed by atoms with Crippen LogP contribution in [-0.2, 0) is 11.3 Å². The number of benzene rings is 1. The molecule has 1 N–H and O–H groups in total. The van der Waals surface area contributed by atoms with Crippen LogP contribution in [0.2, 0.25) is 0 Å². The highest BCUT2D eigenvalue weighted by Gasteiger charge is 2.20. The second-order valence-corrected chi connectivity index (χ2v) is 6.58. The molecule has 0 unspecified atom stereocenters. The zero-order chi connectivity index (χ0) is 19.1. The predicted octanol–water partition coefficient (Wildman–Crippen LogP) is 3.00. The van der Waals surface area contributed by atoms with Gasteiger partial charge in [-0.2, -0.15) is 0 Å². The number of nitrogens with zero attached hydrogens (tertiary/aromatic N) is 4. The highest BCUT2D eigenvalue weighted by molar-refractivity contribution is 14.0. The number of amides is 1. The van der Waals surface area contributed by atoms with Gasteiger partial charge in [0.15, 0.2) is 5.96 Å². The lowest BCUT2D eigenvalue weighted by atomic mass is 10.1. The molecule has 3 rings (SSSR count). The van der Waals surface area contributed by atoms with E-state index in [1.807, 2.05) is 35.4 Å². The van der Waals surface area contributed by atoms with Gasteiger partial charge >= 0.3 is 0 Å². The minimum absolute atomic E-state index is 0. The molecule has 0 bridgehead atoms. The van der Waals surface area contributed by atoms with E-state index in [1.165, 1.54) is 0 Å². The molecule has 6 nitrogen and oxygen atoms in total. The van der Waals surface area contributed by atoms with Crippen LogP contribution in [0.1, 0.15) is 19.4 Å². The SMILES string of the molecule is CCNC(=NCc1cccc(-c2ccccn2)c1)N1CCN(C(C)=O)CC1.I. The Labute approximate surface area is 184 Å². The van der Waals surface area contributed by atoms with Gasteiger partial charge in [0.25, 0.3) is 0 Å². The van der Waals surface area contributed by atoms with E-state index < -0.39 is 0 Å². The summed E-state index contributed by atoms with van der Waals surface area (Å²) in [5, 5.41) is 3.37. The molecule has 0 spiro atoms. The Hall–Kier alpha value is -2.16. The van der Waals surface area contributed by atoms with Crippen LogP contribution in [0, 0.1) is 0 Å². The first kappa shape index (κ1) is 22.1. The van der Waals surface area contributed by atoms with Crippen LogP contribution in [0.25, 0.3) is 11.3 Å². The van der Waals surface area contributed by atoms with Crippen molar-refractivity contribution in [1.82, 2.24) is 20.1 Å². The minimum atomic E-state index is 0. The average molecular weight is 493 g/mol. The summed E-state index contributed by atoms with van der Waals surface area (Å²) in [6, 6.07) is 14.3. The summed E-state index contributed by atoms with van der Waals surface area (Å²) < 4.78 is 0. The quantitative estimate of drug-likeness (QED) is 0.404. The first-order chi connectivity index (χ1) is 13.2. The van der Waals surface area contributed by atoms with Crippen molar-refractivity contribution in [3.63, 3.8) is 0 Å². The molecular formula is C21H28IN5O. The predicted molar refractivity (Wildman–Crippen MR) is 124 cm³/mol. The van der Waals surface area contributed by atoms with Crippen molar-refractivity contribution in [3.05, 3.63) is 54.2 Å². The Morgan fingerprint density at radius 3 is 2.50 bits per heavy atom. The van der Waals surface area contributed by atoms with E-state index in [2.05, 4.69) is 40.3 Å². The number of guanidine groups is 1. The summed E-state index contributed by atoms with van der Waals surface area (Å²) in [5.74, 6) is 1.05. The van der Waals surface area contributed by atoms with Gasteiger partial charge in [-0.3, -0.25) is 9.78 Å². The number of hydrogen-bond donors (Lipinski definition) is 1. The third-order valence-corrected chi connectivity index (χ3v) is 4.66. The number of aromatic nitrogens is 1. The highest BCUT2D eigenvalue weighted by atomic mass is 127. The number of rotatable bonds is 4. The van der Waals surface area contributed by atoms with Gasteiger partial charge in [-0.05, 0) is 30.7 Å². The molecule has 2 aromatic rings. The number of hydrogen-bond acceptors (Lipinski definition) is 3. The third kappa shape index (κ3) is 5.92. The van der Waals surface area contributed by atoms with Crippen LogP contribution < -0.4 is 5.32 Å². The van der Waals surface area contributed by atoms with Crippen LogP contribution >= 0.6 is 24.0 Å². The Balaban J connectivity index is 0.00000280. The van der Waals surface area contributed by atoms with E-state index in [-0.39, 0.29) is 29.9 Å². The number of carbonyl (C=O) groups excluding carboxylic acids is 1. The monoisotopic (exact) mass is 493 g/mol. The van der Waals surface area contributed by atoms with Crippen molar-refractivity contribution in [3.8, 4) is 11.3 Å². The number of aliphatic imine (C=N–C) groups is 1. The molecule has 1 aliphatic heterocycles. The molecule has 1 aliphatic rings. The van der Waals surface area contributed by atoms with Crippen molar-refractivity contribution in [2.45, 2.75) is 20.4 Å². The van der Waals surface area contributed by atoms with Crippen LogP contribution in [0.5, 0.6) is 0 Å². The lowest BCUT2D eigenvalue weighted by Crippen LogP contribution is -2.53. The maximum Gasteiger partial charge on any atom is 0.219 e. The summed E-state index contributed by atoms with van der Waals surface area (Å²) in [4.78, 5) is 24.9. The number of carbonyl (C=O) groups is 1. The molecule has 1 aromatic heterocycles. The van der Waals surface area contributed by atoms with E-state index >= 15 is 0 Å². The molecule has 150 valence electrons. The number of halogens is 1. The maximum atomic E-state index is 11.5. The summed E-state index contributed by atoms with van der Waals surface area (Å²) in [5.41, 5.74) is 3.22. The smallest absolute Gasteiger partial charge is 0.219 e. The number of piperazine rings is 1. The molecular weight excluding hydrogens is 465 g/mol. The topological polar surface area (TPSA) is 60.8 Å². The molecule has 1 saturated heterocycles. The Bertz CT molecular complexity index is 788. The van der Waals surface area contributed by atoms with E-state index in [1.54, 1.807) is 6.92 Å². The lowest BCUT2D eigenvalue weighted by molar-refractivity contribution is -0.130. The molecule has 0 atom stereocenters. The first-order valence-electron chi connectivity index (χ1n) is 9.46. The Kier molecular flexibility index (Phi) is 8.69. The molecule has 1 aromatic carbocycles. The summed E-state index contributed by atoms with van der Waals surface area (Å²) in [7, 11) is 0. The molecule has 0 aliphatic carbocycles. The van der Waals surface area contributed by atoms with Crippen molar-refractivity contribution in [2.75, 3.05) is 32.7 Å². The molecule has 2 heterocycles. The second kappa shape index (κ2) is 11.0. The van der Waals surface area contributed by atoms with Crippen LogP contribution in [-0.4, -0.2) is 59.4 Å². The zero-order valence-corrected chi connectivity index (χ0v) is 18.8. The number of pyridine rings is 1. The lowest BCUT2D eigenvalue weighted by Gasteiger charge is -2.36. The van der Waals surface area contributed by atoms with Crippen LogP contribution in [0.3, 0.4) is 0 Å². The van der Waals surface area contributed by atoms with Crippen LogP contribution in [0.15, 0.2) is 53.7 Å². The summed E-state index contributed by atoms with van der Waals surface area (Å²) in [6.07, 6.45) is 1.81. The van der Waals surface area contributed by atoms with Crippen molar-refractivity contribution >= 4 is 35.8 Å². The average Bonchev–Trinajstić information content (AvgIpc) is 2.72. The fraction of sp³-hybridized carbons (Fsp3) is 0.381. The molecule has 28 heavy (non-hydrogen) atoms. The standard InChI is InChI=1S/C21H27N5O.HI/c1-3-22-21(26-13-11-25(12-14-26)17(2)27)24-16-18-7-6-8-19(15-18)20-9-4-5-10-23-20;/h4-10,15H,3,11-14,16H2,1-2H3,(H,22,24);1H. The normalized spacial score (nSPS) is 14.4. The van der Waals surface area contributed by atoms with E-state index in [0.717, 1.165) is 55.5 Å². The fourth-order valence-electron chi connectivity index (χ4n) is 3.19. The Morgan fingerprint density at radius 2 is 1.86 bits per heavy atom. The molecule has 0 saturated carbocycles. The molecule has 7 heteroatoms. The zero-order valence-electron chi connectivity index (χ0n) is 16.5. The van der Waals surface area contributed by atoms with Crippen molar-refractivity contribution in [1.29, 1.82) is 0 Å². The van der Waals surface area contributed by atoms with Crippen LogP contribution in [0.4, 0.5) is 0 Å². The van der Waals surface area contributed by atoms with Crippen molar-refractivity contribution < 1.29 is 4.79 Å². The first-order valence-corrected chi connectivity index (χ1v) is 9.46. The third-order valence-electron chi connectivity index (χ3n) is 4.66. The maximum absolute atomic E-state index is 11.5. The van der Waals surface area contributed by atoms with E-state index in [9.17, 15) is 4.79 Å². The summed E-state index contributed by atoms with van der Waals surface area (Å²) >= 11 is 0. The largest absolute Gasteiger partial charge is 0.357 e. The van der Waals surface area contributed by atoms with Gasteiger partial charge in [-0.15, -0.1) is 24.0 Å². The fourth-order valence-corrected chi connectivity index (χ4v) is 3.19. The van der Waals surface area contributed by atoms with Gasteiger partial charge in [-0.25, -0.2) is 4.99 Å². The molecule has 0 radical (unpaired) electrons. The molecule has 1 amide bonds. The van der Waals surface area contributed by atoms with Gasteiger partial charge in [0.2, 0.25) is 5.91 Å². The summed E-state index contributed by atoms with van der Waals surface area (Å²) in [6.45, 7) is 8.23.